The number of nitrogens with zero attached hydrogens (tertiary/aromatic N) is 4. The maximum Gasteiger partial charge on any atom is 0.419 e. The fraction of sp³-hybridized carbons (Fsp3) is 0.429. The lowest BCUT2D eigenvalue weighted by Crippen LogP contribution is -2.43. The summed E-state index contributed by atoms with van der Waals surface area (Å²) in [5.41, 5.74) is 7.20. The van der Waals surface area contributed by atoms with Crippen LogP contribution in [0.25, 0.3) is 11.1 Å². The van der Waals surface area contributed by atoms with Gasteiger partial charge in [-0.25, -0.2) is 4.98 Å². The van der Waals surface area contributed by atoms with Crippen LogP contribution in [-0.4, -0.2) is 60.6 Å². The van der Waals surface area contributed by atoms with Crippen molar-refractivity contribution in [3.05, 3.63) is 53.8 Å². The van der Waals surface area contributed by atoms with Gasteiger partial charge in [0.15, 0.2) is 0 Å². The number of hydrogen-bond acceptors (Lipinski definition) is 8. The number of ether oxygens (including phenoxy) is 3. The fourth-order valence-electron chi connectivity index (χ4n) is 3.63. The molecule has 9 nitrogen and oxygen atoms in total. The summed E-state index contributed by atoms with van der Waals surface area (Å²) in [4.78, 5) is 5.88. The van der Waals surface area contributed by atoms with E-state index >= 15 is 0 Å². The first-order chi connectivity index (χ1) is 15.8. The van der Waals surface area contributed by atoms with Crippen LogP contribution in [0.1, 0.15) is 12.0 Å². The quantitative estimate of drug-likeness (QED) is 0.600. The number of anilines is 1. The second kappa shape index (κ2) is 9.51. The van der Waals surface area contributed by atoms with Gasteiger partial charge in [-0.2, -0.15) is 18.3 Å². The standard InChI is InChI=1S/C21H25F3N6O3/c1-29-11-13(10-27-29)14-3-4-18(28-19(14)20-32-7-8-33-20)30-12-15(21(22,23)24)16(9-17(30)25)26-5-6-31-2/h3-4,9-12,17,20,26H,5-8,25H2,1-2H3. The molecule has 1 atom stereocenters. The highest BCUT2D eigenvalue weighted by Crippen LogP contribution is 2.37. The Hall–Kier alpha value is -2.93. The highest BCUT2D eigenvalue weighted by Gasteiger charge is 2.40. The maximum atomic E-state index is 13.8. The summed E-state index contributed by atoms with van der Waals surface area (Å²) in [6, 6.07) is 3.37. The number of alkyl halides is 3. The van der Waals surface area contributed by atoms with Crippen LogP contribution in [-0.2, 0) is 21.3 Å². The van der Waals surface area contributed by atoms with Gasteiger partial charge in [-0.05, 0) is 18.2 Å². The van der Waals surface area contributed by atoms with E-state index < -0.39 is 24.2 Å². The van der Waals surface area contributed by atoms with Crippen molar-refractivity contribution in [1.29, 1.82) is 0 Å². The minimum absolute atomic E-state index is 0.0991. The first kappa shape index (κ1) is 23.2. The normalized spacial score (nSPS) is 19.6. The number of allylic oxidation sites excluding steroid dienone is 1. The molecule has 0 spiro atoms. The molecule has 1 fully saturated rings. The molecule has 4 heterocycles. The highest BCUT2D eigenvalue weighted by atomic mass is 19.4. The minimum Gasteiger partial charge on any atom is -0.383 e. The van der Waals surface area contributed by atoms with E-state index in [0.717, 1.165) is 11.8 Å². The zero-order valence-corrected chi connectivity index (χ0v) is 18.2. The van der Waals surface area contributed by atoms with Crippen molar-refractivity contribution in [3.8, 4) is 11.1 Å². The van der Waals surface area contributed by atoms with Gasteiger partial charge in [0, 0.05) is 49.9 Å². The van der Waals surface area contributed by atoms with Crippen LogP contribution in [0.15, 0.2) is 48.1 Å². The van der Waals surface area contributed by atoms with Crippen molar-refractivity contribution in [1.82, 2.24) is 20.1 Å². The van der Waals surface area contributed by atoms with Crippen LogP contribution in [0.4, 0.5) is 19.0 Å². The van der Waals surface area contributed by atoms with E-state index in [1.165, 1.54) is 18.1 Å². The molecule has 0 aromatic carbocycles. The van der Waals surface area contributed by atoms with E-state index in [-0.39, 0.29) is 24.7 Å². The van der Waals surface area contributed by atoms with E-state index in [9.17, 15) is 13.2 Å². The summed E-state index contributed by atoms with van der Waals surface area (Å²) in [6.07, 6.45) is -0.455. The molecule has 2 aliphatic heterocycles. The topological polar surface area (TPSA) is 99.7 Å². The number of nitrogens with two attached hydrogens (primary N) is 1. The summed E-state index contributed by atoms with van der Waals surface area (Å²) in [6.45, 7) is 1.25. The van der Waals surface area contributed by atoms with Gasteiger partial charge in [0.2, 0.25) is 6.29 Å². The average molecular weight is 466 g/mol. The Morgan fingerprint density at radius 2 is 2.03 bits per heavy atom. The van der Waals surface area contributed by atoms with Crippen LogP contribution in [0.3, 0.4) is 0 Å². The van der Waals surface area contributed by atoms with E-state index in [4.69, 9.17) is 19.9 Å². The zero-order chi connectivity index (χ0) is 23.6. The summed E-state index contributed by atoms with van der Waals surface area (Å²) >= 11 is 0. The lowest BCUT2D eigenvalue weighted by atomic mass is 10.1. The lowest BCUT2D eigenvalue weighted by molar-refractivity contribution is -0.0904. The van der Waals surface area contributed by atoms with Gasteiger partial charge in [-0.1, -0.05) is 0 Å². The Morgan fingerprint density at radius 3 is 2.67 bits per heavy atom. The largest absolute Gasteiger partial charge is 0.419 e. The Bertz CT molecular complexity index is 1050. The third-order valence-corrected chi connectivity index (χ3v) is 5.18. The molecule has 0 saturated carbocycles. The summed E-state index contributed by atoms with van der Waals surface area (Å²) in [5.74, 6) is 0.234. The van der Waals surface area contributed by atoms with Crippen LogP contribution < -0.4 is 16.0 Å². The van der Waals surface area contributed by atoms with Crippen molar-refractivity contribution in [2.45, 2.75) is 18.6 Å². The second-order valence-electron chi connectivity index (χ2n) is 7.52. The molecule has 0 aliphatic carbocycles. The minimum atomic E-state index is -4.60. The molecule has 2 aromatic heterocycles. The number of aromatic nitrogens is 3. The van der Waals surface area contributed by atoms with Crippen molar-refractivity contribution in [3.63, 3.8) is 0 Å². The molecule has 0 bridgehead atoms. The van der Waals surface area contributed by atoms with Crippen LogP contribution in [0.5, 0.6) is 0 Å². The number of methoxy groups -OCH3 is 1. The van der Waals surface area contributed by atoms with E-state index in [1.54, 1.807) is 30.1 Å². The third-order valence-electron chi connectivity index (χ3n) is 5.18. The molecule has 12 heteroatoms. The maximum absolute atomic E-state index is 13.8. The Morgan fingerprint density at radius 1 is 1.27 bits per heavy atom. The van der Waals surface area contributed by atoms with Gasteiger partial charge in [0.05, 0.1) is 31.6 Å². The zero-order valence-electron chi connectivity index (χ0n) is 18.2. The Labute approximate surface area is 188 Å². The van der Waals surface area contributed by atoms with Crippen molar-refractivity contribution in [2.75, 3.05) is 38.4 Å². The molecule has 0 radical (unpaired) electrons. The third kappa shape index (κ3) is 5.03. The predicted octanol–water partition coefficient (Wildman–Crippen LogP) is 2.20. The van der Waals surface area contributed by atoms with E-state index in [2.05, 4.69) is 15.4 Å². The predicted molar refractivity (Wildman–Crippen MR) is 114 cm³/mol. The van der Waals surface area contributed by atoms with Gasteiger partial charge in [0.1, 0.15) is 17.7 Å². The summed E-state index contributed by atoms with van der Waals surface area (Å²) < 4.78 is 59.3. The number of pyridine rings is 1. The monoisotopic (exact) mass is 466 g/mol. The highest BCUT2D eigenvalue weighted by molar-refractivity contribution is 5.67. The molecule has 178 valence electrons. The fourth-order valence-corrected chi connectivity index (χ4v) is 3.63. The number of halogens is 3. The number of rotatable bonds is 7. The van der Waals surface area contributed by atoms with Gasteiger partial charge < -0.3 is 30.2 Å². The molecule has 1 saturated heterocycles. The number of aryl methyl sites for hydroxylation is 1. The van der Waals surface area contributed by atoms with Crippen molar-refractivity contribution >= 4 is 5.82 Å². The van der Waals surface area contributed by atoms with Crippen LogP contribution in [0, 0.1) is 0 Å². The van der Waals surface area contributed by atoms with Gasteiger partial charge in [0.25, 0.3) is 0 Å². The van der Waals surface area contributed by atoms with Gasteiger partial charge in [-0.15, -0.1) is 0 Å². The average Bonchev–Trinajstić information content (AvgIpc) is 3.45. The molecular formula is C21H25F3N6O3. The van der Waals surface area contributed by atoms with E-state index in [1.807, 2.05) is 6.20 Å². The number of nitrogens with one attached hydrogen (secondary N) is 1. The smallest absolute Gasteiger partial charge is 0.383 e. The Balaban J connectivity index is 1.71. The first-order valence-electron chi connectivity index (χ1n) is 10.3. The molecule has 0 amide bonds. The first-order valence-corrected chi connectivity index (χ1v) is 10.3. The SMILES string of the molecule is COCCNC1=CC(N)N(c2ccc(-c3cnn(C)c3)c(C3OCCO3)n2)C=C1C(F)(F)F. The van der Waals surface area contributed by atoms with Gasteiger partial charge in [-0.3, -0.25) is 4.68 Å². The molecule has 3 N–H and O–H groups in total. The molecular weight excluding hydrogens is 441 g/mol. The van der Waals surface area contributed by atoms with E-state index in [0.29, 0.717) is 24.5 Å². The lowest BCUT2D eigenvalue weighted by Gasteiger charge is -2.32. The second-order valence-corrected chi connectivity index (χ2v) is 7.52. The molecule has 4 rings (SSSR count). The summed E-state index contributed by atoms with van der Waals surface area (Å²) in [5, 5.41) is 6.92. The molecule has 1 unspecified atom stereocenters. The van der Waals surface area contributed by atoms with Crippen molar-refractivity contribution in [2.24, 2.45) is 12.8 Å². The molecule has 2 aliphatic rings. The van der Waals surface area contributed by atoms with Gasteiger partial charge >= 0.3 is 6.18 Å². The van der Waals surface area contributed by atoms with Crippen LogP contribution in [0.2, 0.25) is 0 Å². The van der Waals surface area contributed by atoms with Crippen LogP contribution >= 0.6 is 0 Å². The molecule has 2 aromatic rings. The van der Waals surface area contributed by atoms with Crippen molar-refractivity contribution < 1.29 is 27.4 Å². The molecule has 33 heavy (non-hydrogen) atoms. The number of hydrogen-bond donors (Lipinski definition) is 2. The summed E-state index contributed by atoms with van der Waals surface area (Å²) in [7, 11) is 3.26. The Kier molecular flexibility index (Phi) is 6.70.